The highest BCUT2D eigenvalue weighted by Gasteiger charge is 2.10. The summed E-state index contributed by atoms with van der Waals surface area (Å²) in [6.45, 7) is 0. The monoisotopic (exact) mass is 350 g/mol. The molecule has 0 bridgehead atoms. The summed E-state index contributed by atoms with van der Waals surface area (Å²) >= 11 is 0. The van der Waals surface area contributed by atoms with Gasteiger partial charge in [-0.2, -0.15) is 5.26 Å². The highest BCUT2D eigenvalue weighted by atomic mass is 16.5. The molecule has 0 spiro atoms. The van der Waals surface area contributed by atoms with Crippen LogP contribution in [0.2, 0.25) is 0 Å². The Balaban J connectivity index is 2.16. The Labute approximate surface area is 151 Å². The zero-order valence-electron chi connectivity index (χ0n) is 14.4. The number of nitrogens with zero attached hydrogens (tertiary/aromatic N) is 1. The average Bonchev–Trinajstić information content (AvgIpc) is 2.68. The van der Waals surface area contributed by atoms with Gasteiger partial charge in [0.2, 0.25) is 5.75 Å². The molecule has 26 heavy (non-hydrogen) atoms. The van der Waals surface area contributed by atoms with Gasteiger partial charge in [-0.25, -0.2) is 0 Å². The molecule has 2 aromatic rings. The van der Waals surface area contributed by atoms with Gasteiger partial charge in [-0.1, -0.05) is 30.4 Å². The summed E-state index contributed by atoms with van der Waals surface area (Å²) in [6.07, 6.45) is 4.78. The van der Waals surface area contributed by atoms with Crippen molar-refractivity contribution in [2.45, 2.75) is 0 Å². The van der Waals surface area contributed by atoms with Crippen LogP contribution < -0.4 is 14.8 Å². The fraction of sp³-hybridized carbons (Fsp3) is 0.100. The molecule has 0 heterocycles. The summed E-state index contributed by atoms with van der Waals surface area (Å²) in [5.74, 6) is 0.0898. The first-order valence-electron chi connectivity index (χ1n) is 7.69. The van der Waals surface area contributed by atoms with Gasteiger partial charge in [-0.05, 0) is 35.9 Å². The predicted octanol–water partition coefficient (Wildman–Crippen LogP) is 3.26. The number of hydrogen-bond donors (Lipinski definition) is 2. The molecule has 132 valence electrons. The van der Waals surface area contributed by atoms with Crippen LogP contribution in [-0.2, 0) is 0 Å². The van der Waals surface area contributed by atoms with Gasteiger partial charge in [0.05, 0.1) is 14.2 Å². The van der Waals surface area contributed by atoms with Crippen LogP contribution in [0.3, 0.4) is 0 Å². The average molecular weight is 350 g/mol. The minimum atomic E-state index is -0.361. The zero-order chi connectivity index (χ0) is 18.9. The third-order valence-corrected chi connectivity index (χ3v) is 3.46. The topological polar surface area (TPSA) is 91.6 Å². The predicted molar refractivity (Wildman–Crippen MR) is 97.8 cm³/mol. The van der Waals surface area contributed by atoms with E-state index >= 15 is 0 Å². The van der Waals surface area contributed by atoms with Crippen molar-refractivity contribution in [3.05, 3.63) is 71.4 Å². The van der Waals surface area contributed by atoms with E-state index in [4.69, 9.17) is 9.47 Å². The minimum Gasteiger partial charge on any atom is -0.502 e. The summed E-state index contributed by atoms with van der Waals surface area (Å²) in [7, 11) is 2.88. The molecule has 6 heteroatoms. The number of rotatable bonds is 6. The zero-order valence-corrected chi connectivity index (χ0v) is 14.4. The molecule has 0 aliphatic carbocycles. The third kappa shape index (κ3) is 4.65. The van der Waals surface area contributed by atoms with Gasteiger partial charge < -0.3 is 19.9 Å². The van der Waals surface area contributed by atoms with Crippen LogP contribution in [0.25, 0.3) is 6.08 Å². The van der Waals surface area contributed by atoms with Gasteiger partial charge >= 0.3 is 0 Å². The molecule has 0 radical (unpaired) electrons. The molecule has 2 N–H and O–H groups in total. The van der Waals surface area contributed by atoms with E-state index in [0.717, 1.165) is 0 Å². The molecular weight excluding hydrogens is 332 g/mol. The summed E-state index contributed by atoms with van der Waals surface area (Å²) in [5.41, 5.74) is 1.26. The molecule has 0 fully saturated rings. The number of phenols is 1. The van der Waals surface area contributed by atoms with E-state index in [1.54, 1.807) is 54.6 Å². The molecule has 0 aliphatic rings. The number of methoxy groups -OCH3 is 2. The number of nitrogens with one attached hydrogen (secondary N) is 1. The van der Waals surface area contributed by atoms with Crippen LogP contribution in [0.5, 0.6) is 17.2 Å². The normalized spacial score (nSPS) is 11.0. The number of phenolic OH excluding ortho intramolecular Hbond substituents is 1. The number of hydrogen-bond acceptors (Lipinski definition) is 5. The summed E-state index contributed by atoms with van der Waals surface area (Å²) < 4.78 is 10.2. The Morgan fingerprint density at radius 1 is 1.15 bits per heavy atom. The van der Waals surface area contributed by atoms with Crippen LogP contribution in [0.4, 0.5) is 0 Å². The van der Waals surface area contributed by atoms with Crippen molar-refractivity contribution in [2.24, 2.45) is 0 Å². The number of allylic oxidation sites excluding steroid dienone is 3. The highest BCUT2D eigenvalue weighted by molar-refractivity contribution is 5.95. The lowest BCUT2D eigenvalue weighted by Crippen LogP contribution is -2.21. The molecule has 0 unspecified atom stereocenters. The number of aromatic hydroxyl groups is 1. The van der Waals surface area contributed by atoms with Crippen molar-refractivity contribution >= 4 is 12.0 Å². The number of carbonyl (C=O) groups is 1. The second kappa shape index (κ2) is 8.94. The smallest absolute Gasteiger partial charge is 0.256 e. The first-order valence-corrected chi connectivity index (χ1v) is 7.69. The van der Waals surface area contributed by atoms with Gasteiger partial charge in [0, 0.05) is 5.56 Å². The Bertz CT molecular complexity index is 855. The van der Waals surface area contributed by atoms with Crippen LogP contribution in [0, 0.1) is 11.3 Å². The number of amides is 1. The second-order valence-electron chi connectivity index (χ2n) is 5.15. The van der Waals surface area contributed by atoms with Gasteiger partial charge in [0.15, 0.2) is 11.5 Å². The van der Waals surface area contributed by atoms with Crippen LogP contribution in [-0.4, -0.2) is 25.2 Å². The minimum absolute atomic E-state index is 0.0875. The third-order valence-electron chi connectivity index (χ3n) is 3.46. The quantitative estimate of drug-likeness (QED) is 0.616. The fourth-order valence-corrected chi connectivity index (χ4v) is 2.16. The van der Waals surface area contributed by atoms with Crippen molar-refractivity contribution < 1.29 is 19.4 Å². The van der Waals surface area contributed by atoms with E-state index < -0.39 is 0 Å². The molecule has 6 nitrogen and oxygen atoms in total. The van der Waals surface area contributed by atoms with Crippen molar-refractivity contribution in [1.29, 1.82) is 5.26 Å². The van der Waals surface area contributed by atoms with Gasteiger partial charge in [-0.15, -0.1) is 0 Å². The van der Waals surface area contributed by atoms with E-state index in [0.29, 0.717) is 11.1 Å². The Kier molecular flexibility index (Phi) is 6.40. The second-order valence-corrected chi connectivity index (χ2v) is 5.15. The maximum atomic E-state index is 12.1. The summed E-state index contributed by atoms with van der Waals surface area (Å²) in [5, 5.41) is 21.6. The maximum Gasteiger partial charge on any atom is 0.256 e. The van der Waals surface area contributed by atoms with Crippen LogP contribution >= 0.6 is 0 Å². The lowest BCUT2D eigenvalue weighted by molar-refractivity contribution is 0.0967. The molecule has 0 aliphatic heterocycles. The van der Waals surface area contributed by atoms with E-state index in [9.17, 15) is 15.2 Å². The first-order chi connectivity index (χ1) is 12.6. The molecule has 0 saturated carbocycles. The van der Waals surface area contributed by atoms with E-state index in [2.05, 4.69) is 5.32 Å². The molecule has 2 aromatic carbocycles. The van der Waals surface area contributed by atoms with Crippen LogP contribution in [0.1, 0.15) is 15.9 Å². The molecule has 0 atom stereocenters. The Morgan fingerprint density at radius 3 is 2.31 bits per heavy atom. The Hall–Kier alpha value is -3.72. The van der Waals surface area contributed by atoms with E-state index in [-0.39, 0.29) is 28.9 Å². The van der Waals surface area contributed by atoms with Crippen LogP contribution in [0.15, 0.2) is 60.3 Å². The van der Waals surface area contributed by atoms with Gasteiger partial charge in [0.1, 0.15) is 11.8 Å². The van der Waals surface area contributed by atoms with Gasteiger partial charge in [-0.3, -0.25) is 4.79 Å². The SMILES string of the molecule is COc1cc(C=CC=C(C#N)NC(=O)c2ccccc2)cc(OC)c1O. The number of nitriles is 1. The molecule has 2 rings (SSSR count). The molecular formula is C20H18N2O4. The standard InChI is InChI=1S/C20H18N2O4/c1-25-17-11-14(12-18(26-2)19(17)23)7-6-10-16(13-21)22-20(24)15-8-4-3-5-9-15/h3-12,23H,1-2H3,(H,22,24). The molecule has 1 amide bonds. The Morgan fingerprint density at radius 2 is 1.77 bits per heavy atom. The van der Waals surface area contributed by atoms with Crippen molar-refractivity contribution in [3.63, 3.8) is 0 Å². The summed E-state index contributed by atoms with van der Waals surface area (Å²) in [4.78, 5) is 12.1. The highest BCUT2D eigenvalue weighted by Crippen LogP contribution is 2.37. The largest absolute Gasteiger partial charge is 0.502 e. The number of carbonyl (C=O) groups excluding carboxylic acids is 1. The molecule has 0 aromatic heterocycles. The fourth-order valence-electron chi connectivity index (χ4n) is 2.16. The van der Waals surface area contributed by atoms with E-state index in [1.807, 2.05) is 6.07 Å². The van der Waals surface area contributed by atoms with Gasteiger partial charge in [0.25, 0.3) is 5.91 Å². The maximum absolute atomic E-state index is 12.1. The van der Waals surface area contributed by atoms with E-state index in [1.165, 1.54) is 20.3 Å². The summed E-state index contributed by atoms with van der Waals surface area (Å²) in [6, 6.07) is 13.8. The molecule has 0 saturated heterocycles. The lowest BCUT2D eigenvalue weighted by atomic mass is 10.1. The number of ether oxygens (including phenoxy) is 2. The number of benzene rings is 2. The first kappa shape index (κ1) is 18.6. The van der Waals surface area contributed by atoms with Crippen molar-refractivity contribution in [3.8, 4) is 23.3 Å². The van der Waals surface area contributed by atoms with Crippen molar-refractivity contribution in [1.82, 2.24) is 5.32 Å². The van der Waals surface area contributed by atoms with Crippen molar-refractivity contribution in [2.75, 3.05) is 14.2 Å². The lowest BCUT2D eigenvalue weighted by Gasteiger charge is -2.09.